The van der Waals surface area contributed by atoms with Gasteiger partial charge < -0.3 is 25.4 Å². The van der Waals surface area contributed by atoms with Gasteiger partial charge in [0, 0.05) is 30.1 Å². The smallest absolute Gasteiger partial charge is 0.319 e. The van der Waals surface area contributed by atoms with Crippen LogP contribution in [-0.2, 0) is 4.79 Å². The monoisotopic (exact) mass is 397 g/mol. The number of nitrogens with zero attached hydrogens (tertiary/aromatic N) is 1. The number of carboxylic acids is 1. The fraction of sp³-hybridized carbons (Fsp3) is 0.579. The molecule has 1 aliphatic rings. The van der Waals surface area contributed by atoms with E-state index in [2.05, 4.69) is 22.6 Å². The number of benzene rings is 1. The highest BCUT2D eigenvalue weighted by Gasteiger charge is 2.23. The zero-order chi connectivity index (χ0) is 20.0. The maximum absolute atomic E-state index is 12.4. The number of piperidine rings is 1. The van der Waals surface area contributed by atoms with Gasteiger partial charge in [-0.1, -0.05) is 11.6 Å². The second kappa shape index (κ2) is 9.28. The van der Waals surface area contributed by atoms with Crippen LogP contribution < -0.4 is 15.4 Å². The normalized spacial score (nSPS) is 16.0. The summed E-state index contributed by atoms with van der Waals surface area (Å²) < 4.78 is 6.09. The van der Waals surface area contributed by atoms with Crippen LogP contribution in [0.4, 0.5) is 10.5 Å². The van der Waals surface area contributed by atoms with E-state index in [1.54, 1.807) is 32.0 Å². The van der Waals surface area contributed by atoms with Gasteiger partial charge in [-0.05, 0) is 58.4 Å². The average Bonchev–Trinajstić information content (AvgIpc) is 2.57. The third-order valence-corrected chi connectivity index (χ3v) is 4.80. The molecule has 0 bridgehead atoms. The molecule has 1 aromatic carbocycles. The third-order valence-electron chi connectivity index (χ3n) is 4.56. The highest BCUT2D eigenvalue weighted by molar-refractivity contribution is 6.31. The summed E-state index contributed by atoms with van der Waals surface area (Å²) in [6.07, 6.45) is 2.25. The molecular weight excluding hydrogens is 370 g/mol. The third kappa shape index (κ3) is 7.27. The molecule has 0 aliphatic carbocycles. The molecule has 1 fully saturated rings. The highest BCUT2D eigenvalue weighted by Crippen LogP contribution is 2.30. The summed E-state index contributed by atoms with van der Waals surface area (Å²) in [5, 5.41) is 14.9. The van der Waals surface area contributed by atoms with Gasteiger partial charge in [-0.2, -0.15) is 0 Å². The number of ether oxygens (including phenoxy) is 1. The molecule has 0 radical (unpaired) electrons. The number of hydrogen-bond donors (Lipinski definition) is 3. The lowest BCUT2D eigenvalue weighted by Gasteiger charge is -2.30. The predicted molar refractivity (Wildman–Crippen MR) is 106 cm³/mol. The molecule has 2 rings (SSSR count). The second-order valence-electron chi connectivity index (χ2n) is 7.62. The van der Waals surface area contributed by atoms with Gasteiger partial charge in [-0.25, -0.2) is 4.79 Å². The Morgan fingerprint density at radius 2 is 2.00 bits per heavy atom. The van der Waals surface area contributed by atoms with Crippen molar-refractivity contribution in [1.82, 2.24) is 10.2 Å². The van der Waals surface area contributed by atoms with E-state index < -0.39 is 17.5 Å². The van der Waals surface area contributed by atoms with Crippen LogP contribution in [0.3, 0.4) is 0 Å². The van der Waals surface area contributed by atoms with E-state index >= 15 is 0 Å². The summed E-state index contributed by atoms with van der Waals surface area (Å²) in [5.74, 6) is -0.318. The Morgan fingerprint density at radius 1 is 1.33 bits per heavy atom. The molecule has 3 N–H and O–H groups in total. The van der Waals surface area contributed by atoms with E-state index in [0.717, 1.165) is 25.9 Å². The van der Waals surface area contributed by atoms with E-state index in [9.17, 15) is 9.59 Å². The summed E-state index contributed by atoms with van der Waals surface area (Å²) in [7, 11) is 2.09. The van der Waals surface area contributed by atoms with E-state index in [-0.39, 0.29) is 12.5 Å². The van der Waals surface area contributed by atoms with Crippen molar-refractivity contribution in [1.29, 1.82) is 0 Å². The first-order valence-corrected chi connectivity index (χ1v) is 9.48. The van der Waals surface area contributed by atoms with Gasteiger partial charge in [0.05, 0.1) is 5.69 Å². The van der Waals surface area contributed by atoms with E-state index in [1.165, 1.54) is 0 Å². The minimum Gasteiger partial charge on any atom is -0.488 e. The minimum atomic E-state index is -0.895. The average molecular weight is 398 g/mol. The number of carbonyl (C=O) groups excluding carboxylic acids is 1. The number of carbonyl (C=O) groups is 2. The van der Waals surface area contributed by atoms with Gasteiger partial charge in [0.25, 0.3) is 0 Å². The van der Waals surface area contributed by atoms with Gasteiger partial charge in [0.1, 0.15) is 11.9 Å². The maximum Gasteiger partial charge on any atom is 0.319 e. The van der Waals surface area contributed by atoms with Crippen LogP contribution in [0.2, 0.25) is 5.02 Å². The summed E-state index contributed by atoms with van der Waals surface area (Å²) >= 11 is 6.08. The largest absolute Gasteiger partial charge is 0.488 e. The molecule has 0 unspecified atom stereocenters. The number of anilines is 1. The lowest BCUT2D eigenvalue weighted by atomic mass is 9.99. The summed E-state index contributed by atoms with van der Waals surface area (Å²) in [5.41, 5.74) is -0.163. The second-order valence-corrected chi connectivity index (χ2v) is 8.05. The highest BCUT2D eigenvalue weighted by atomic mass is 35.5. The van der Waals surface area contributed by atoms with Crippen LogP contribution >= 0.6 is 11.6 Å². The Morgan fingerprint density at radius 3 is 2.63 bits per heavy atom. The van der Waals surface area contributed by atoms with E-state index in [0.29, 0.717) is 22.9 Å². The first kappa shape index (κ1) is 21.3. The van der Waals surface area contributed by atoms with E-state index in [4.69, 9.17) is 21.4 Å². The molecule has 1 aromatic rings. The number of carboxylic acid groups (broad SMARTS) is 1. The maximum atomic E-state index is 12.4. The molecule has 2 amide bonds. The first-order valence-electron chi connectivity index (χ1n) is 9.10. The Hall–Kier alpha value is -1.99. The van der Waals surface area contributed by atoms with Crippen molar-refractivity contribution in [2.75, 3.05) is 25.5 Å². The van der Waals surface area contributed by atoms with Crippen LogP contribution in [-0.4, -0.2) is 53.8 Å². The molecule has 0 atom stereocenters. The molecule has 8 heteroatoms. The lowest BCUT2D eigenvalue weighted by Crippen LogP contribution is -2.45. The molecule has 150 valence electrons. The number of aliphatic carboxylic acids is 1. The van der Waals surface area contributed by atoms with E-state index in [1.807, 2.05) is 0 Å². The predicted octanol–water partition coefficient (Wildman–Crippen LogP) is 3.58. The number of urea groups is 1. The number of rotatable bonds is 7. The summed E-state index contributed by atoms with van der Waals surface area (Å²) in [4.78, 5) is 25.4. The quantitative estimate of drug-likeness (QED) is 0.654. The fourth-order valence-electron chi connectivity index (χ4n) is 2.93. The van der Waals surface area contributed by atoms with Gasteiger partial charge in [0.2, 0.25) is 0 Å². The first-order chi connectivity index (χ1) is 12.6. The Balaban J connectivity index is 2.01. The number of hydrogen-bond acceptors (Lipinski definition) is 4. The molecule has 0 aromatic heterocycles. The Bertz CT molecular complexity index is 673. The molecule has 27 heavy (non-hydrogen) atoms. The minimum absolute atomic E-state index is 0.0189. The molecule has 1 aliphatic heterocycles. The zero-order valence-corrected chi connectivity index (χ0v) is 16.8. The number of amides is 2. The van der Waals surface area contributed by atoms with Crippen LogP contribution in [0.5, 0.6) is 5.75 Å². The van der Waals surface area contributed by atoms with Crippen molar-refractivity contribution in [2.45, 2.75) is 51.2 Å². The van der Waals surface area contributed by atoms with Gasteiger partial charge in [-0.3, -0.25) is 4.79 Å². The number of halogens is 1. The van der Waals surface area contributed by atoms with Gasteiger partial charge in [0.15, 0.2) is 0 Å². The Kier molecular flexibility index (Phi) is 7.33. The van der Waals surface area contributed by atoms with Crippen LogP contribution in [0.15, 0.2) is 18.2 Å². The number of likely N-dealkylation sites (tertiary alicyclic amines) is 1. The van der Waals surface area contributed by atoms with Gasteiger partial charge in [-0.15, -0.1) is 0 Å². The van der Waals surface area contributed by atoms with Crippen molar-refractivity contribution in [3.8, 4) is 5.75 Å². The van der Waals surface area contributed by atoms with Gasteiger partial charge >= 0.3 is 12.0 Å². The topological polar surface area (TPSA) is 90.9 Å². The van der Waals surface area contributed by atoms with Crippen LogP contribution in [0, 0.1) is 0 Å². The molecular formula is C19H28ClN3O4. The summed E-state index contributed by atoms with van der Waals surface area (Å²) in [6.45, 7) is 5.51. The standard InChI is InChI=1S/C19H28ClN3O4/c1-19(2,9-6-17(24)25)22-18(26)21-15-12-13(20)4-5-16(15)27-14-7-10-23(3)11-8-14/h4-5,12,14H,6-11H2,1-3H3,(H,24,25)(H2,21,22,26). The van der Waals surface area contributed by atoms with Crippen molar-refractivity contribution in [2.24, 2.45) is 0 Å². The van der Waals surface area contributed by atoms with Crippen molar-refractivity contribution < 1.29 is 19.4 Å². The fourth-order valence-corrected chi connectivity index (χ4v) is 3.10. The van der Waals surface area contributed by atoms with Crippen LogP contribution in [0.1, 0.15) is 39.5 Å². The SMILES string of the molecule is CN1CCC(Oc2ccc(Cl)cc2NC(=O)NC(C)(C)CCC(=O)O)CC1. The number of nitrogens with one attached hydrogen (secondary N) is 2. The zero-order valence-electron chi connectivity index (χ0n) is 16.0. The Labute approximate surface area is 165 Å². The van der Waals surface area contributed by atoms with Crippen LogP contribution in [0.25, 0.3) is 0 Å². The molecule has 7 nitrogen and oxygen atoms in total. The molecule has 1 heterocycles. The summed E-state index contributed by atoms with van der Waals surface area (Å²) in [6, 6.07) is 4.70. The van der Waals surface area contributed by atoms with Crippen molar-refractivity contribution in [3.05, 3.63) is 23.2 Å². The molecule has 0 spiro atoms. The molecule has 1 saturated heterocycles. The van der Waals surface area contributed by atoms with Crippen molar-refractivity contribution in [3.63, 3.8) is 0 Å². The molecule has 0 saturated carbocycles. The lowest BCUT2D eigenvalue weighted by molar-refractivity contribution is -0.137. The van der Waals surface area contributed by atoms with Crippen molar-refractivity contribution >= 4 is 29.3 Å².